The van der Waals surface area contributed by atoms with E-state index in [1.54, 1.807) is 6.92 Å². The SMILES string of the molecule is Cc1oc(C(=O)O)cc1CNCC(O)CO. The molecule has 0 saturated heterocycles. The number of aryl methyl sites for hydroxylation is 1. The summed E-state index contributed by atoms with van der Waals surface area (Å²) in [5.74, 6) is -0.676. The molecule has 0 aliphatic carbocycles. The maximum Gasteiger partial charge on any atom is 0.371 e. The average molecular weight is 229 g/mol. The Morgan fingerprint density at radius 1 is 1.62 bits per heavy atom. The van der Waals surface area contributed by atoms with E-state index >= 15 is 0 Å². The largest absolute Gasteiger partial charge is 0.475 e. The summed E-state index contributed by atoms with van der Waals surface area (Å²) in [4.78, 5) is 10.6. The van der Waals surface area contributed by atoms with Crippen LogP contribution in [-0.4, -0.2) is 40.5 Å². The van der Waals surface area contributed by atoms with E-state index in [1.807, 2.05) is 0 Å². The molecule has 6 nitrogen and oxygen atoms in total. The molecule has 0 aliphatic rings. The fraction of sp³-hybridized carbons (Fsp3) is 0.500. The summed E-state index contributed by atoms with van der Waals surface area (Å²) in [6.07, 6.45) is -0.814. The first-order valence-corrected chi connectivity index (χ1v) is 4.86. The minimum atomic E-state index is -1.11. The molecule has 0 amide bonds. The summed E-state index contributed by atoms with van der Waals surface area (Å²) in [5, 5.41) is 29.2. The van der Waals surface area contributed by atoms with Crippen molar-refractivity contribution in [3.05, 3.63) is 23.2 Å². The first-order chi connectivity index (χ1) is 7.54. The van der Waals surface area contributed by atoms with E-state index in [1.165, 1.54) is 6.07 Å². The maximum atomic E-state index is 10.6. The fourth-order valence-corrected chi connectivity index (χ4v) is 1.24. The zero-order valence-corrected chi connectivity index (χ0v) is 8.93. The minimum absolute atomic E-state index is 0.1000. The molecule has 0 radical (unpaired) electrons. The second-order valence-electron chi connectivity index (χ2n) is 3.46. The van der Waals surface area contributed by atoms with Crippen LogP contribution in [0.2, 0.25) is 0 Å². The molecule has 0 bridgehead atoms. The van der Waals surface area contributed by atoms with Gasteiger partial charge in [-0.2, -0.15) is 0 Å². The van der Waals surface area contributed by atoms with Crippen LogP contribution in [0.3, 0.4) is 0 Å². The van der Waals surface area contributed by atoms with Gasteiger partial charge in [-0.15, -0.1) is 0 Å². The van der Waals surface area contributed by atoms with E-state index in [0.29, 0.717) is 12.3 Å². The van der Waals surface area contributed by atoms with E-state index in [2.05, 4.69) is 5.32 Å². The predicted molar refractivity (Wildman–Crippen MR) is 55.2 cm³/mol. The lowest BCUT2D eigenvalue weighted by Gasteiger charge is -2.07. The van der Waals surface area contributed by atoms with Gasteiger partial charge in [-0.05, 0) is 13.0 Å². The zero-order chi connectivity index (χ0) is 12.1. The third-order valence-corrected chi connectivity index (χ3v) is 2.14. The second-order valence-corrected chi connectivity index (χ2v) is 3.46. The number of aliphatic hydroxyl groups excluding tert-OH is 2. The van der Waals surface area contributed by atoms with E-state index in [0.717, 1.165) is 5.56 Å². The lowest BCUT2D eigenvalue weighted by atomic mass is 10.2. The lowest BCUT2D eigenvalue weighted by molar-refractivity contribution is 0.0661. The van der Waals surface area contributed by atoms with Crippen LogP contribution in [0.5, 0.6) is 0 Å². The van der Waals surface area contributed by atoms with E-state index < -0.39 is 12.1 Å². The summed E-state index contributed by atoms with van der Waals surface area (Å²) in [5.41, 5.74) is 0.725. The van der Waals surface area contributed by atoms with Crippen LogP contribution in [0.15, 0.2) is 10.5 Å². The molecule has 1 heterocycles. The smallest absolute Gasteiger partial charge is 0.371 e. The monoisotopic (exact) mass is 229 g/mol. The molecule has 1 aromatic rings. The van der Waals surface area contributed by atoms with Crippen LogP contribution in [-0.2, 0) is 6.54 Å². The Morgan fingerprint density at radius 3 is 2.81 bits per heavy atom. The molecule has 0 aromatic carbocycles. The highest BCUT2D eigenvalue weighted by molar-refractivity contribution is 5.84. The molecule has 0 spiro atoms. The fourth-order valence-electron chi connectivity index (χ4n) is 1.24. The maximum absolute atomic E-state index is 10.6. The van der Waals surface area contributed by atoms with Crippen molar-refractivity contribution >= 4 is 5.97 Å². The Kier molecular flexibility index (Phi) is 4.48. The van der Waals surface area contributed by atoms with Crippen molar-refractivity contribution in [3.8, 4) is 0 Å². The Labute approximate surface area is 92.5 Å². The number of furan rings is 1. The van der Waals surface area contributed by atoms with Gasteiger partial charge in [0.15, 0.2) is 0 Å². The van der Waals surface area contributed by atoms with Crippen LogP contribution in [0, 0.1) is 6.92 Å². The summed E-state index contributed by atoms with van der Waals surface area (Å²) in [6.45, 7) is 1.99. The van der Waals surface area contributed by atoms with Crippen molar-refractivity contribution in [2.24, 2.45) is 0 Å². The average Bonchev–Trinajstić information content (AvgIpc) is 2.60. The van der Waals surface area contributed by atoms with Gasteiger partial charge in [-0.1, -0.05) is 0 Å². The topological polar surface area (TPSA) is 103 Å². The molecule has 6 heteroatoms. The molecule has 0 aliphatic heterocycles. The highest BCUT2D eigenvalue weighted by Gasteiger charge is 2.12. The number of aromatic carboxylic acids is 1. The van der Waals surface area contributed by atoms with Crippen LogP contribution in [0.4, 0.5) is 0 Å². The number of nitrogens with one attached hydrogen (secondary N) is 1. The number of rotatable bonds is 6. The van der Waals surface area contributed by atoms with Gasteiger partial charge in [-0.3, -0.25) is 0 Å². The van der Waals surface area contributed by atoms with Crippen molar-refractivity contribution in [1.29, 1.82) is 0 Å². The predicted octanol–water partition coefficient (Wildman–Crippen LogP) is -0.271. The molecule has 90 valence electrons. The van der Waals surface area contributed by atoms with Crippen molar-refractivity contribution in [3.63, 3.8) is 0 Å². The molecule has 16 heavy (non-hydrogen) atoms. The second kappa shape index (κ2) is 5.64. The Bertz CT molecular complexity index is 360. The Morgan fingerprint density at radius 2 is 2.31 bits per heavy atom. The molecule has 1 atom stereocenters. The van der Waals surface area contributed by atoms with Gasteiger partial charge in [0.1, 0.15) is 5.76 Å². The molecular formula is C10H15NO5. The van der Waals surface area contributed by atoms with Gasteiger partial charge in [-0.25, -0.2) is 4.79 Å². The quantitative estimate of drug-likeness (QED) is 0.535. The van der Waals surface area contributed by atoms with Gasteiger partial charge in [0.05, 0.1) is 12.7 Å². The summed E-state index contributed by atoms with van der Waals surface area (Å²) in [7, 11) is 0. The number of hydrogen-bond donors (Lipinski definition) is 4. The number of carboxylic acid groups (broad SMARTS) is 1. The number of hydrogen-bond acceptors (Lipinski definition) is 5. The third-order valence-electron chi connectivity index (χ3n) is 2.14. The highest BCUT2D eigenvalue weighted by atomic mass is 16.4. The molecule has 4 N–H and O–H groups in total. The van der Waals surface area contributed by atoms with E-state index in [-0.39, 0.29) is 18.9 Å². The van der Waals surface area contributed by atoms with Crippen LogP contribution >= 0.6 is 0 Å². The zero-order valence-electron chi connectivity index (χ0n) is 8.93. The van der Waals surface area contributed by atoms with Gasteiger partial charge < -0.3 is 25.1 Å². The molecule has 1 rings (SSSR count). The van der Waals surface area contributed by atoms with Crippen LogP contribution < -0.4 is 5.32 Å². The number of carbonyl (C=O) groups is 1. The summed E-state index contributed by atoms with van der Waals surface area (Å²) in [6, 6.07) is 1.44. The first-order valence-electron chi connectivity index (χ1n) is 4.86. The summed E-state index contributed by atoms with van der Waals surface area (Å²) < 4.78 is 5.01. The lowest BCUT2D eigenvalue weighted by Crippen LogP contribution is -2.28. The van der Waals surface area contributed by atoms with Crippen molar-refractivity contribution in [2.45, 2.75) is 19.6 Å². The van der Waals surface area contributed by atoms with E-state index in [9.17, 15) is 4.79 Å². The third kappa shape index (κ3) is 3.34. The Hall–Kier alpha value is -1.37. The van der Waals surface area contributed by atoms with E-state index in [4.69, 9.17) is 19.7 Å². The highest BCUT2D eigenvalue weighted by Crippen LogP contribution is 2.14. The standard InChI is InChI=1S/C10H15NO5/c1-6-7(2-9(16-6)10(14)15)3-11-4-8(13)5-12/h2,8,11-13H,3-5H2,1H3,(H,14,15). The molecule has 1 aromatic heterocycles. The van der Waals surface area contributed by atoms with Crippen molar-refractivity contribution in [1.82, 2.24) is 5.32 Å². The molecule has 0 fully saturated rings. The van der Waals surface area contributed by atoms with Crippen LogP contribution in [0.1, 0.15) is 21.9 Å². The first kappa shape index (κ1) is 12.7. The van der Waals surface area contributed by atoms with Crippen molar-refractivity contribution < 1.29 is 24.5 Å². The van der Waals surface area contributed by atoms with Gasteiger partial charge in [0, 0.05) is 18.7 Å². The number of aliphatic hydroxyl groups is 2. The number of carboxylic acids is 1. The molecule has 0 saturated carbocycles. The Balaban J connectivity index is 2.51. The summed E-state index contributed by atoms with van der Waals surface area (Å²) >= 11 is 0. The normalized spacial score (nSPS) is 12.7. The van der Waals surface area contributed by atoms with Gasteiger partial charge in [0.25, 0.3) is 0 Å². The molecule has 1 unspecified atom stereocenters. The van der Waals surface area contributed by atoms with Crippen LogP contribution in [0.25, 0.3) is 0 Å². The molecular weight excluding hydrogens is 214 g/mol. The van der Waals surface area contributed by atoms with Gasteiger partial charge >= 0.3 is 5.97 Å². The van der Waals surface area contributed by atoms with Gasteiger partial charge in [0.2, 0.25) is 5.76 Å². The minimum Gasteiger partial charge on any atom is -0.475 e. The van der Waals surface area contributed by atoms with Crippen molar-refractivity contribution in [2.75, 3.05) is 13.2 Å².